The van der Waals surface area contributed by atoms with E-state index < -0.39 is 10.9 Å². The first-order chi connectivity index (χ1) is 7.13. The van der Waals surface area contributed by atoms with Crippen LogP contribution in [0.5, 0.6) is 0 Å². The Morgan fingerprint density at radius 3 is 2.87 bits per heavy atom. The van der Waals surface area contributed by atoms with E-state index in [1.165, 1.54) is 12.1 Å². The summed E-state index contributed by atoms with van der Waals surface area (Å²) >= 11 is 11.4. The minimum atomic E-state index is -2.31. The first kappa shape index (κ1) is 12.4. The van der Waals surface area contributed by atoms with Gasteiger partial charge in [-0.1, -0.05) is 23.2 Å². The topological polar surface area (TPSA) is 85.1 Å². The lowest BCUT2D eigenvalue weighted by molar-refractivity contribution is -0.777. The lowest BCUT2D eigenvalue weighted by atomic mass is 10.3. The third-order valence-electron chi connectivity index (χ3n) is 1.21. The van der Waals surface area contributed by atoms with Gasteiger partial charge >= 0.3 is 0 Å². The molecule has 1 rings (SSSR count). The van der Waals surface area contributed by atoms with E-state index in [4.69, 9.17) is 23.2 Å². The fourth-order valence-corrected chi connectivity index (χ4v) is 1.23. The van der Waals surface area contributed by atoms with Crippen molar-refractivity contribution in [2.45, 2.75) is 0 Å². The molecular weight excluding hydrogens is 267 g/mol. The Balaban J connectivity index is 3.03. The van der Waals surface area contributed by atoms with Gasteiger partial charge in [0, 0.05) is 5.02 Å². The van der Waals surface area contributed by atoms with Gasteiger partial charge in [-0.3, -0.25) is 0 Å². The van der Waals surface area contributed by atoms with Crippen LogP contribution in [0.2, 0.25) is 10.0 Å². The van der Waals surface area contributed by atoms with Crippen LogP contribution >= 0.6 is 23.2 Å². The molecule has 0 aromatic heterocycles. The molecule has 0 bridgehead atoms. The second kappa shape index (κ2) is 6.04. The van der Waals surface area contributed by atoms with Crippen LogP contribution in [0, 0.1) is 0 Å². The van der Waals surface area contributed by atoms with E-state index in [0.29, 0.717) is 5.02 Å². The number of rotatable bonds is 3. The van der Waals surface area contributed by atoms with Crippen LogP contribution in [-0.2, 0) is 24.5 Å². The zero-order chi connectivity index (χ0) is 11.3. The first-order valence-electron chi connectivity index (χ1n) is 3.39. The minimum absolute atomic E-state index is 0.201. The summed E-state index contributed by atoms with van der Waals surface area (Å²) in [5.41, 5.74) is 0.201. The average Bonchev–Trinajstić information content (AvgIpc) is 2.20. The highest BCUT2D eigenvalue weighted by molar-refractivity contribution is 7.68. The maximum Gasteiger partial charge on any atom is 0.294 e. The molecule has 0 fully saturated rings. The molecule has 0 amide bonds. The smallest absolute Gasteiger partial charge is 0.294 e. The summed E-state index contributed by atoms with van der Waals surface area (Å²) in [6, 6.07) is 4.45. The van der Waals surface area contributed by atoms with E-state index in [1.807, 2.05) is 0 Å². The van der Waals surface area contributed by atoms with Crippen molar-refractivity contribution in [2.75, 3.05) is 0 Å². The predicted octanol–water partition coefficient (Wildman–Crippen LogP) is 1.43. The lowest BCUT2D eigenvalue weighted by Crippen LogP contribution is -2.04. The van der Waals surface area contributed by atoms with Crippen LogP contribution in [0.15, 0.2) is 23.3 Å². The number of hydrogen-bond acceptors (Lipinski definition) is 6. The third kappa shape index (κ3) is 4.15. The van der Waals surface area contributed by atoms with E-state index in [2.05, 4.69) is 18.6 Å². The normalized spacial score (nSPS) is 10.1. The Labute approximate surface area is 96.3 Å². The summed E-state index contributed by atoms with van der Waals surface area (Å²) in [5.74, 6) is 0. The molecule has 1 aromatic rings. The predicted molar refractivity (Wildman–Crippen MR) is 50.9 cm³/mol. The van der Waals surface area contributed by atoms with Gasteiger partial charge in [0.2, 0.25) is 0 Å². The summed E-state index contributed by atoms with van der Waals surface area (Å²) in [4.78, 5) is 0. The molecule has 1 aromatic carbocycles. The fraction of sp³-hybridized carbons (Fsp3) is 0. The van der Waals surface area contributed by atoms with Crippen molar-refractivity contribution in [3.05, 3.63) is 28.2 Å². The van der Waals surface area contributed by atoms with Crippen molar-refractivity contribution >= 4 is 39.8 Å². The molecule has 0 atom stereocenters. The van der Waals surface area contributed by atoms with Crippen LogP contribution in [-0.4, -0.2) is 0 Å². The lowest BCUT2D eigenvalue weighted by Gasteiger charge is -1.98. The van der Waals surface area contributed by atoms with Gasteiger partial charge < -0.3 is 14.5 Å². The van der Waals surface area contributed by atoms with E-state index in [1.54, 1.807) is 6.07 Å². The molecule has 0 radical (unpaired) electrons. The molecule has 0 heterocycles. The Hall–Kier alpha value is -0.660. The second-order valence-electron chi connectivity index (χ2n) is 2.13. The van der Waals surface area contributed by atoms with Gasteiger partial charge in [0.05, 0.1) is 5.02 Å². The molecule has 0 aliphatic heterocycles. The number of benzene rings is 1. The Morgan fingerprint density at radius 2 is 2.20 bits per heavy atom. The van der Waals surface area contributed by atoms with Gasteiger partial charge in [-0.25, -0.2) is 4.33 Å². The molecule has 0 N–H and O–H groups in total. The molecule has 0 unspecified atom stereocenters. The minimum Gasteiger partial charge on any atom is -0.693 e. The highest BCUT2D eigenvalue weighted by Gasteiger charge is 2.02. The van der Waals surface area contributed by atoms with E-state index in [0.717, 1.165) is 0 Å². The van der Waals surface area contributed by atoms with Crippen molar-refractivity contribution in [3.63, 3.8) is 0 Å². The summed E-state index contributed by atoms with van der Waals surface area (Å²) in [6.45, 7) is 0. The van der Waals surface area contributed by atoms with Crippen molar-refractivity contribution in [1.29, 1.82) is 0 Å². The standard InChI is InChI=1S/C6H4Cl2N2O4S/c7-4-1-2-5(8)6(3-4)9-10-15(12)14-13-11/h1-3,11H/p-1. The van der Waals surface area contributed by atoms with Crippen molar-refractivity contribution in [3.8, 4) is 0 Å². The average molecular weight is 270 g/mol. The van der Waals surface area contributed by atoms with Gasteiger partial charge in [-0.05, 0) is 22.4 Å². The molecule has 0 saturated heterocycles. The zero-order valence-electron chi connectivity index (χ0n) is 6.92. The Bertz CT molecular complexity index is 468. The maximum atomic E-state index is 10.6. The molecule has 0 aliphatic rings. The van der Waals surface area contributed by atoms with Gasteiger partial charge in [-0.2, -0.15) is 0 Å². The van der Waals surface area contributed by atoms with Crippen LogP contribution in [0.1, 0.15) is 0 Å². The zero-order valence-corrected chi connectivity index (χ0v) is 9.25. The summed E-state index contributed by atoms with van der Waals surface area (Å²) in [5, 5.41) is 16.4. The molecule has 6 nitrogen and oxygen atoms in total. The second-order valence-corrected chi connectivity index (χ2v) is 3.71. The Morgan fingerprint density at radius 1 is 1.47 bits per heavy atom. The van der Waals surface area contributed by atoms with Crippen molar-refractivity contribution in [2.24, 2.45) is 5.11 Å². The van der Waals surface area contributed by atoms with Gasteiger partial charge in [0.1, 0.15) is 5.11 Å². The van der Waals surface area contributed by atoms with Crippen LogP contribution in [0.4, 0.5) is 5.69 Å². The largest absolute Gasteiger partial charge is 0.693 e. The summed E-state index contributed by atoms with van der Waals surface area (Å²) < 4.78 is 17.3. The molecule has 0 spiro atoms. The van der Waals surface area contributed by atoms with Gasteiger partial charge in [0.15, 0.2) is 5.69 Å². The van der Waals surface area contributed by atoms with E-state index >= 15 is 0 Å². The Kier molecular flexibility index (Phi) is 5.00. The third-order valence-corrected chi connectivity index (χ3v) is 2.15. The molecule has 9 heteroatoms. The van der Waals surface area contributed by atoms with Gasteiger partial charge in [0.25, 0.3) is 10.9 Å². The molecular formula is C6H3Cl2N2O4S-. The SMILES string of the molecule is O=[S-](=[N+]=Nc1cc(Cl)ccc1Cl)OO[O-]. The van der Waals surface area contributed by atoms with Crippen molar-refractivity contribution in [1.82, 2.24) is 4.16 Å². The molecule has 82 valence electrons. The number of nitrogens with zero attached hydrogens (tertiary/aromatic N) is 2. The van der Waals surface area contributed by atoms with Crippen LogP contribution in [0.25, 0.3) is 0 Å². The highest BCUT2D eigenvalue weighted by Crippen LogP contribution is 2.27. The van der Waals surface area contributed by atoms with Crippen molar-refractivity contribution < 1.29 is 18.8 Å². The van der Waals surface area contributed by atoms with E-state index in [9.17, 15) is 9.47 Å². The number of hydrogen-bond donors (Lipinski definition) is 0. The summed E-state index contributed by atoms with van der Waals surface area (Å²) in [7, 11) is -2.31. The van der Waals surface area contributed by atoms with Crippen LogP contribution < -0.4 is 9.42 Å². The van der Waals surface area contributed by atoms with E-state index in [-0.39, 0.29) is 10.7 Å². The van der Waals surface area contributed by atoms with Crippen LogP contribution in [0.3, 0.4) is 0 Å². The number of halogens is 2. The maximum absolute atomic E-state index is 10.6. The first-order valence-corrected chi connectivity index (χ1v) is 5.18. The monoisotopic (exact) mass is 269 g/mol. The fourth-order valence-electron chi connectivity index (χ4n) is 0.677. The molecule has 0 saturated carbocycles. The quantitative estimate of drug-likeness (QED) is 0.273. The van der Waals surface area contributed by atoms with Gasteiger partial charge in [-0.15, -0.1) is 0 Å². The molecule has 15 heavy (non-hydrogen) atoms. The summed E-state index contributed by atoms with van der Waals surface area (Å²) in [6.07, 6.45) is 0. The highest BCUT2D eigenvalue weighted by atomic mass is 35.5. The molecule has 0 aliphatic carbocycles.